The molecule has 0 fully saturated rings. The lowest BCUT2D eigenvalue weighted by molar-refractivity contribution is 0.475. The Balaban J connectivity index is 1.66. The molecule has 0 spiro atoms. The van der Waals surface area contributed by atoms with Crippen LogP contribution in [-0.4, -0.2) is 31.1 Å². The van der Waals surface area contributed by atoms with E-state index in [2.05, 4.69) is 39.8 Å². The molecule has 2 aromatic carbocycles. The van der Waals surface area contributed by atoms with E-state index in [-0.39, 0.29) is 5.75 Å². The van der Waals surface area contributed by atoms with Gasteiger partial charge in [-0.25, -0.2) is 0 Å². The molecule has 0 atom stereocenters. The molecule has 22 heavy (non-hydrogen) atoms. The van der Waals surface area contributed by atoms with Crippen molar-refractivity contribution in [1.82, 2.24) is 20.2 Å². The number of tetrazole rings is 1. The van der Waals surface area contributed by atoms with Gasteiger partial charge in [-0.2, -0.15) is 4.68 Å². The minimum absolute atomic E-state index is 0.219. The molecule has 0 saturated carbocycles. The predicted molar refractivity (Wildman–Crippen MR) is 87.0 cm³/mol. The quantitative estimate of drug-likeness (QED) is 0.733. The largest absolute Gasteiger partial charge is 0.508 e. The number of phenols is 1. The number of aromatic hydroxyl groups is 1. The van der Waals surface area contributed by atoms with Crippen LogP contribution >= 0.6 is 11.8 Å². The molecule has 6 heteroatoms. The van der Waals surface area contributed by atoms with Crippen molar-refractivity contribution in [2.45, 2.75) is 5.16 Å². The minimum Gasteiger partial charge on any atom is -0.508 e. The van der Waals surface area contributed by atoms with Gasteiger partial charge in [-0.3, -0.25) is 0 Å². The smallest absolute Gasteiger partial charge is 0.214 e. The first-order valence-corrected chi connectivity index (χ1v) is 7.74. The minimum atomic E-state index is 0.219. The second-order valence-corrected chi connectivity index (χ2v) is 5.50. The predicted octanol–water partition coefficient (Wildman–Crippen LogP) is 3.17. The maximum Gasteiger partial charge on any atom is 0.214 e. The summed E-state index contributed by atoms with van der Waals surface area (Å²) in [6.07, 6.45) is 4.15. The molecule has 0 aliphatic heterocycles. The van der Waals surface area contributed by atoms with E-state index >= 15 is 0 Å². The van der Waals surface area contributed by atoms with Crippen LogP contribution in [0.4, 0.5) is 0 Å². The number of nitrogens with zero attached hydrogens (tertiary/aromatic N) is 4. The Morgan fingerprint density at radius 2 is 1.82 bits per heavy atom. The first-order chi connectivity index (χ1) is 10.8. The summed E-state index contributed by atoms with van der Waals surface area (Å²) >= 11 is 1.55. The van der Waals surface area contributed by atoms with Crippen LogP contribution in [0.1, 0.15) is 5.56 Å². The normalized spacial score (nSPS) is 11.1. The van der Waals surface area contributed by atoms with Gasteiger partial charge in [0, 0.05) is 5.75 Å². The standard InChI is InChI=1S/C16H14N4OS/c21-15-10-8-14(9-11-15)20-16(17-18-19-20)22-12-4-7-13-5-2-1-3-6-13/h1-11,21H,12H2/b7-4+. The lowest BCUT2D eigenvalue weighted by atomic mass is 10.2. The highest BCUT2D eigenvalue weighted by molar-refractivity contribution is 7.99. The second-order valence-electron chi connectivity index (χ2n) is 4.51. The third kappa shape index (κ3) is 3.53. The number of phenolic OH excluding ortho intramolecular Hbond substituents is 1. The van der Waals surface area contributed by atoms with Crippen LogP contribution in [0.15, 0.2) is 65.8 Å². The highest BCUT2D eigenvalue weighted by Crippen LogP contribution is 2.20. The molecule has 1 N–H and O–H groups in total. The van der Waals surface area contributed by atoms with Crippen LogP contribution in [0.25, 0.3) is 11.8 Å². The monoisotopic (exact) mass is 310 g/mol. The molecule has 0 amide bonds. The van der Waals surface area contributed by atoms with Crippen LogP contribution in [-0.2, 0) is 0 Å². The van der Waals surface area contributed by atoms with Gasteiger partial charge in [-0.15, -0.1) is 5.10 Å². The zero-order chi connectivity index (χ0) is 15.2. The lowest BCUT2D eigenvalue weighted by Crippen LogP contribution is -1.98. The molecule has 0 aliphatic rings. The maximum absolute atomic E-state index is 9.33. The molecule has 0 radical (unpaired) electrons. The summed E-state index contributed by atoms with van der Waals surface area (Å²) in [4.78, 5) is 0. The summed E-state index contributed by atoms with van der Waals surface area (Å²) < 4.78 is 1.65. The van der Waals surface area contributed by atoms with Crippen LogP contribution in [0.2, 0.25) is 0 Å². The van der Waals surface area contributed by atoms with E-state index in [0.29, 0.717) is 5.16 Å². The van der Waals surface area contributed by atoms with E-state index in [1.54, 1.807) is 40.7 Å². The summed E-state index contributed by atoms with van der Waals surface area (Å²) in [5.74, 6) is 0.990. The molecule has 0 aliphatic carbocycles. The molecule has 3 aromatic rings. The average molecular weight is 310 g/mol. The van der Waals surface area contributed by atoms with E-state index in [1.807, 2.05) is 18.2 Å². The van der Waals surface area contributed by atoms with Crippen molar-refractivity contribution in [1.29, 1.82) is 0 Å². The Hall–Kier alpha value is -2.60. The maximum atomic E-state index is 9.33. The first-order valence-electron chi connectivity index (χ1n) is 6.75. The van der Waals surface area contributed by atoms with Gasteiger partial charge < -0.3 is 5.11 Å². The van der Waals surface area contributed by atoms with E-state index in [4.69, 9.17) is 0 Å². The average Bonchev–Trinajstić information content (AvgIpc) is 3.02. The second kappa shape index (κ2) is 6.91. The molecule has 0 saturated heterocycles. The summed E-state index contributed by atoms with van der Waals surface area (Å²) in [7, 11) is 0. The molecule has 3 rings (SSSR count). The Bertz CT molecular complexity index is 753. The van der Waals surface area contributed by atoms with E-state index < -0.39 is 0 Å². The molecular formula is C16H14N4OS. The summed E-state index contributed by atoms with van der Waals surface area (Å²) in [6, 6.07) is 16.9. The van der Waals surface area contributed by atoms with Crippen molar-refractivity contribution in [2.24, 2.45) is 0 Å². The fraction of sp³-hybridized carbons (Fsp3) is 0.0625. The van der Waals surface area contributed by atoms with Gasteiger partial charge in [0.25, 0.3) is 0 Å². The van der Waals surface area contributed by atoms with Gasteiger partial charge in [-0.1, -0.05) is 54.2 Å². The molecule has 5 nitrogen and oxygen atoms in total. The van der Waals surface area contributed by atoms with Crippen LogP contribution in [0, 0.1) is 0 Å². The summed E-state index contributed by atoms with van der Waals surface area (Å²) in [5, 5.41) is 21.8. The van der Waals surface area contributed by atoms with Gasteiger partial charge in [0.1, 0.15) is 5.75 Å². The molecular weight excluding hydrogens is 296 g/mol. The van der Waals surface area contributed by atoms with Crippen molar-refractivity contribution in [3.05, 3.63) is 66.2 Å². The van der Waals surface area contributed by atoms with Gasteiger partial charge in [0.15, 0.2) is 0 Å². The molecule has 0 bridgehead atoms. The van der Waals surface area contributed by atoms with Crippen molar-refractivity contribution in [2.75, 3.05) is 5.75 Å². The van der Waals surface area contributed by atoms with Crippen molar-refractivity contribution >= 4 is 17.8 Å². The van der Waals surface area contributed by atoms with Crippen LogP contribution < -0.4 is 0 Å². The Morgan fingerprint density at radius 3 is 2.59 bits per heavy atom. The van der Waals surface area contributed by atoms with Crippen molar-refractivity contribution in [3.8, 4) is 11.4 Å². The lowest BCUT2D eigenvalue weighted by Gasteiger charge is -2.03. The van der Waals surface area contributed by atoms with Crippen molar-refractivity contribution < 1.29 is 5.11 Å². The Kier molecular flexibility index (Phi) is 4.50. The molecule has 1 aromatic heterocycles. The van der Waals surface area contributed by atoms with Crippen molar-refractivity contribution in [3.63, 3.8) is 0 Å². The Morgan fingerprint density at radius 1 is 1.05 bits per heavy atom. The fourth-order valence-corrected chi connectivity index (χ4v) is 2.60. The number of thioether (sulfide) groups is 1. The summed E-state index contributed by atoms with van der Waals surface area (Å²) in [6.45, 7) is 0. The van der Waals surface area contributed by atoms with E-state index in [9.17, 15) is 5.11 Å². The number of benzene rings is 2. The fourth-order valence-electron chi connectivity index (χ4n) is 1.90. The van der Waals surface area contributed by atoms with Crippen LogP contribution in [0.5, 0.6) is 5.75 Å². The van der Waals surface area contributed by atoms with Gasteiger partial charge in [-0.05, 0) is 40.3 Å². The number of hydrogen-bond acceptors (Lipinski definition) is 5. The topological polar surface area (TPSA) is 63.8 Å². The molecule has 0 unspecified atom stereocenters. The highest BCUT2D eigenvalue weighted by atomic mass is 32.2. The SMILES string of the molecule is Oc1ccc(-n2nnnc2SC/C=C/c2ccccc2)cc1. The number of rotatable bonds is 5. The Labute approximate surface area is 132 Å². The zero-order valence-electron chi connectivity index (χ0n) is 11.7. The summed E-state index contributed by atoms with van der Waals surface area (Å²) in [5.41, 5.74) is 1.98. The third-order valence-electron chi connectivity index (χ3n) is 2.95. The molecule has 110 valence electrons. The number of hydrogen-bond donors (Lipinski definition) is 1. The molecule has 1 heterocycles. The number of aromatic nitrogens is 4. The van der Waals surface area contributed by atoms with Gasteiger partial charge >= 0.3 is 0 Å². The zero-order valence-corrected chi connectivity index (χ0v) is 12.5. The highest BCUT2D eigenvalue weighted by Gasteiger charge is 2.07. The van der Waals surface area contributed by atoms with Crippen LogP contribution in [0.3, 0.4) is 0 Å². The third-order valence-corrected chi connectivity index (χ3v) is 3.83. The van der Waals surface area contributed by atoms with Gasteiger partial charge in [0.2, 0.25) is 5.16 Å². The van der Waals surface area contributed by atoms with E-state index in [1.165, 1.54) is 5.56 Å². The van der Waals surface area contributed by atoms with E-state index in [0.717, 1.165) is 11.4 Å². The first kappa shape index (κ1) is 14.3. The van der Waals surface area contributed by atoms with Gasteiger partial charge in [0.05, 0.1) is 5.69 Å².